The summed E-state index contributed by atoms with van der Waals surface area (Å²) < 4.78 is 10.9. The molecule has 0 aliphatic heterocycles. The van der Waals surface area contributed by atoms with E-state index in [9.17, 15) is 5.11 Å². The molecule has 0 aromatic heterocycles. The molecule has 0 saturated carbocycles. The molecule has 164 valence electrons. The van der Waals surface area contributed by atoms with E-state index in [1.165, 1.54) is 16.7 Å². The molecule has 3 nitrogen and oxygen atoms in total. The lowest BCUT2D eigenvalue weighted by Crippen LogP contribution is -2.31. The van der Waals surface area contributed by atoms with Gasteiger partial charge in [-0.15, -0.1) is 0 Å². The summed E-state index contributed by atoms with van der Waals surface area (Å²) in [6.45, 7) is 8.37. The molecule has 0 radical (unpaired) electrons. The molecule has 3 heteroatoms. The van der Waals surface area contributed by atoms with Crippen LogP contribution < -0.4 is 9.47 Å². The van der Waals surface area contributed by atoms with Gasteiger partial charge in [0.25, 0.3) is 0 Å². The second kappa shape index (κ2) is 9.57. The minimum absolute atomic E-state index is 0.512. The van der Waals surface area contributed by atoms with Crippen molar-refractivity contribution in [3.63, 3.8) is 0 Å². The zero-order valence-electron chi connectivity index (χ0n) is 19.6. The predicted molar refractivity (Wildman–Crippen MR) is 127 cm³/mol. The van der Waals surface area contributed by atoms with Gasteiger partial charge in [0.05, 0.1) is 14.2 Å². The maximum Gasteiger partial charge on any atom is 0.121 e. The van der Waals surface area contributed by atoms with E-state index in [1.807, 2.05) is 50.2 Å². The average Bonchev–Trinajstić information content (AvgIpc) is 2.78. The van der Waals surface area contributed by atoms with E-state index < -0.39 is 5.60 Å². The molecule has 3 aromatic rings. The van der Waals surface area contributed by atoms with E-state index in [2.05, 4.69) is 32.0 Å². The van der Waals surface area contributed by atoms with Gasteiger partial charge >= 0.3 is 0 Å². The molecular weight excluding hydrogens is 384 g/mol. The van der Waals surface area contributed by atoms with Crippen LogP contribution in [0, 0.1) is 13.8 Å². The molecule has 0 unspecified atom stereocenters. The number of benzene rings is 3. The Hall–Kier alpha value is -2.78. The summed E-state index contributed by atoms with van der Waals surface area (Å²) in [5.74, 6) is 1.64. The molecule has 31 heavy (non-hydrogen) atoms. The zero-order chi connectivity index (χ0) is 22.6. The lowest BCUT2D eigenvalue weighted by Gasteiger charge is -2.32. The number of hydrogen-bond acceptors (Lipinski definition) is 3. The quantitative estimate of drug-likeness (QED) is 0.493. The molecule has 0 bridgehead atoms. The summed E-state index contributed by atoms with van der Waals surface area (Å²) in [7, 11) is 3.35. The van der Waals surface area contributed by atoms with Gasteiger partial charge in [-0.1, -0.05) is 44.2 Å². The van der Waals surface area contributed by atoms with E-state index in [0.717, 1.165) is 46.6 Å². The van der Waals surface area contributed by atoms with Gasteiger partial charge in [0.2, 0.25) is 0 Å². The van der Waals surface area contributed by atoms with Crippen molar-refractivity contribution in [2.45, 2.75) is 52.6 Å². The van der Waals surface area contributed by atoms with Crippen LogP contribution in [0.5, 0.6) is 11.5 Å². The van der Waals surface area contributed by atoms with Crippen molar-refractivity contribution in [3.05, 3.63) is 93.5 Å². The second-order valence-corrected chi connectivity index (χ2v) is 8.17. The zero-order valence-corrected chi connectivity index (χ0v) is 19.6. The van der Waals surface area contributed by atoms with Gasteiger partial charge in [0, 0.05) is 6.42 Å². The largest absolute Gasteiger partial charge is 0.496 e. The molecule has 0 spiro atoms. The standard InChI is InChI=1S/C28H34O3/c1-7-21-10-9-11-22(8-2)25(21)18-28(29,23-12-14-26(30-5)19(3)16-23)24-13-15-27(31-6)20(4)17-24/h9-17,29H,7-8,18H2,1-6H3. The van der Waals surface area contributed by atoms with Crippen LogP contribution in [-0.4, -0.2) is 19.3 Å². The molecule has 0 heterocycles. The van der Waals surface area contributed by atoms with E-state index >= 15 is 0 Å². The Bertz CT molecular complexity index is 976. The average molecular weight is 419 g/mol. The van der Waals surface area contributed by atoms with Crippen molar-refractivity contribution >= 4 is 0 Å². The van der Waals surface area contributed by atoms with Gasteiger partial charge in [-0.25, -0.2) is 0 Å². The lowest BCUT2D eigenvalue weighted by molar-refractivity contribution is 0.0804. The van der Waals surface area contributed by atoms with Gasteiger partial charge in [-0.05, 0) is 89.9 Å². The summed E-state index contributed by atoms with van der Waals surface area (Å²) in [6, 6.07) is 18.4. The molecule has 0 fully saturated rings. The number of aryl methyl sites for hydroxylation is 4. The highest BCUT2D eigenvalue weighted by atomic mass is 16.5. The molecule has 0 aliphatic rings. The first-order chi connectivity index (χ1) is 14.9. The van der Waals surface area contributed by atoms with Crippen LogP contribution in [0.1, 0.15) is 52.8 Å². The van der Waals surface area contributed by atoms with Crippen molar-refractivity contribution in [2.75, 3.05) is 14.2 Å². The Kier molecular flexibility index (Phi) is 7.07. The fourth-order valence-electron chi connectivity index (χ4n) is 4.48. The number of aliphatic hydroxyl groups is 1. The normalized spacial score (nSPS) is 11.5. The van der Waals surface area contributed by atoms with Crippen molar-refractivity contribution < 1.29 is 14.6 Å². The van der Waals surface area contributed by atoms with E-state index in [0.29, 0.717) is 6.42 Å². The van der Waals surface area contributed by atoms with Gasteiger partial charge in [-0.3, -0.25) is 0 Å². The molecule has 3 rings (SSSR count). The third kappa shape index (κ3) is 4.47. The highest BCUT2D eigenvalue weighted by Gasteiger charge is 2.34. The number of ether oxygens (including phenoxy) is 2. The highest BCUT2D eigenvalue weighted by Crippen LogP contribution is 2.38. The summed E-state index contributed by atoms with van der Waals surface area (Å²) in [5, 5.41) is 12.3. The number of methoxy groups -OCH3 is 2. The Morgan fingerprint density at radius 1 is 0.742 bits per heavy atom. The Morgan fingerprint density at radius 2 is 1.19 bits per heavy atom. The van der Waals surface area contributed by atoms with Crippen LogP contribution in [0.4, 0.5) is 0 Å². The third-order valence-electron chi connectivity index (χ3n) is 6.31. The molecule has 0 aliphatic carbocycles. The third-order valence-corrected chi connectivity index (χ3v) is 6.31. The first-order valence-electron chi connectivity index (χ1n) is 11.0. The van der Waals surface area contributed by atoms with Crippen LogP contribution in [0.15, 0.2) is 54.6 Å². The van der Waals surface area contributed by atoms with Crippen molar-refractivity contribution in [2.24, 2.45) is 0 Å². The first-order valence-corrected chi connectivity index (χ1v) is 11.0. The van der Waals surface area contributed by atoms with Crippen LogP contribution >= 0.6 is 0 Å². The summed E-state index contributed by atoms with van der Waals surface area (Å²) in [6.07, 6.45) is 2.38. The summed E-state index contributed by atoms with van der Waals surface area (Å²) >= 11 is 0. The van der Waals surface area contributed by atoms with Gasteiger partial charge in [-0.2, -0.15) is 0 Å². The van der Waals surface area contributed by atoms with E-state index in [-0.39, 0.29) is 0 Å². The van der Waals surface area contributed by atoms with E-state index in [4.69, 9.17) is 9.47 Å². The van der Waals surface area contributed by atoms with Crippen LogP contribution in [-0.2, 0) is 24.9 Å². The Balaban J connectivity index is 2.23. The molecule has 3 aromatic carbocycles. The Morgan fingerprint density at radius 3 is 1.55 bits per heavy atom. The summed E-state index contributed by atoms with van der Waals surface area (Å²) in [4.78, 5) is 0. The van der Waals surface area contributed by atoms with Gasteiger partial charge in [0.15, 0.2) is 0 Å². The minimum atomic E-state index is -1.18. The van der Waals surface area contributed by atoms with Gasteiger partial charge < -0.3 is 14.6 Å². The lowest BCUT2D eigenvalue weighted by atomic mass is 9.78. The minimum Gasteiger partial charge on any atom is -0.496 e. The maximum atomic E-state index is 12.3. The molecule has 0 saturated heterocycles. The van der Waals surface area contributed by atoms with Crippen LogP contribution in [0.25, 0.3) is 0 Å². The number of rotatable bonds is 8. The topological polar surface area (TPSA) is 38.7 Å². The molecule has 1 N–H and O–H groups in total. The fraction of sp³-hybridized carbons (Fsp3) is 0.357. The number of hydrogen-bond donors (Lipinski definition) is 1. The highest BCUT2D eigenvalue weighted by molar-refractivity contribution is 5.49. The molecular formula is C28H34O3. The second-order valence-electron chi connectivity index (χ2n) is 8.17. The first kappa shape index (κ1) is 22.9. The van der Waals surface area contributed by atoms with Crippen LogP contribution in [0.3, 0.4) is 0 Å². The van der Waals surface area contributed by atoms with Crippen molar-refractivity contribution in [1.29, 1.82) is 0 Å². The van der Waals surface area contributed by atoms with Crippen molar-refractivity contribution in [1.82, 2.24) is 0 Å². The van der Waals surface area contributed by atoms with Crippen molar-refractivity contribution in [3.8, 4) is 11.5 Å². The molecule has 0 amide bonds. The van der Waals surface area contributed by atoms with Crippen LogP contribution in [0.2, 0.25) is 0 Å². The smallest absolute Gasteiger partial charge is 0.121 e. The predicted octanol–water partition coefficient (Wildman–Crippen LogP) is 5.92. The van der Waals surface area contributed by atoms with E-state index in [1.54, 1.807) is 14.2 Å². The Labute approximate surface area is 186 Å². The van der Waals surface area contributed by atoms with Gasteiger partial charge in [0.1, 0.15) is 17.1 Å². The molecule has 0 atom stereocenters. The SMILES string of the molecule is CCc1cccc(CC)c1CC(O)(c1ccc(OC)c(C)c1)c1ccc(OC)c(C)c1. The maximum absolute atomic E-state index is 12.3. The summed E-state index contributed by atoms with van der Waals surface area (Å²) in [5.41, 5.74) is 6.36. The monoisotopic (exact) mass is 418 g/mol. The fourth-order valence-corrected chi connectivity index (χ4v) is 4.48.